The maximum absolute atomic E-state index is 12.2. The molecular formula is C16H32N2O6. The van der Waals surface area contributed by atoms with Gasteiger partial charge < -0.3 is 19.9 Å². The Morgan fingerprint density at radius 1 is 0.958 bits per heavy atom. The van der Waals surface area contributed by atoms with E-state index in [0.29, 0.717) is 31.2 Å². The Balaban J connectivity index is 4.85. The van der Waals surface area contributed by atoms with Crippen molar-refractivity contribution in [3.63, 3.8) is 0 Å². The molecule has 0 heterocycles. The molecule has 1 atom stereocenters. The monoisotopic (exact) mass is 348 g/mol. The van der Waals surface area contributed by atoms with E-state index in [0.717, 1.165) is 0 Å². The quantitative estimate of drug-likeness (QED) is 0.557. The van der Waals surface area contributed by atoms with Crippen molar-refractivity contribution >= 4 is 12.2 Å². The van der Waals surface area contributed by atoms with Gasteiger partial charge in [0.25, 0.3) is 0 Å². The maximum Gasteiger partial charge on any atom is 0.444 e. The number of hydrogen-bond acceptors (Lipinski definition) is 7. The lowest BCUT2D eigenvalue weighted by molar-refractivity contribution is -0.168. The summed E-state index contributed by atoms with van der Waals surface area (Å²) in [6.07, 6.45) is -1.83. The molecule has 0 aromatic heterocycles. The number of imide groups is 1. The summed E-state index contributed by atoms with van der Waals surface area (Å²) in [4.78, 5) is 29.9. The number of ether oxygens (including phenoxy) is 3. The van der Waals surface area contributed by atoms with Crippen LogP contribution in [0, 0.1) is 0 Å². The Morgan fingerprint density at radius 3 is 1.79 bits per heavy atom. The van der Waals surface area contributed by atoms with Crippen molar-refractivity contribution in [3.05, 3.63) is 0 Å². The lowest BCUT2D eigenvalue weighted by Gasteiger charge is -2.29. The van der Waals surface area contributed by atoms with E-state index in [-0.39, 0.29) is 0 Å². The first-order valence-electron chi connectivity index (χ1n) is 8.06. The number of carbonyl (C=O) groups is 2. The van der Waals surface area contributed by atoms with Crippen LogP contribution in [-0.2, 0) is 19.0 Å². The predicted molar refractivity (Wildman–Crippen MR) is 89.3 cm³/mol. The van der Waals surface area contributed by atoms with Gasteiger partial charge in [-0.15, -0.1) is 0 Å². The summed E-state index contributed by atoms with van der Waals surface area (Å²) in [5, 5.41) is 0.518. The minimum Gasteiger partial charge on any atom is -0.442 e. The van der Waals surface area contributed by atoms with Crippen LogP contribution in [0.15, 0.2) is 0 Å². The average molecular weight is 348 g/mol. The van der Waals surface area contributed by atoms with Gasteiger partial charge in [-0.3, -0.25) is 4.84 Å². The number of hydroxylamine groups is 2. The van der Waals surface area contributed by atoms with E-state index in [1.54, 1.807) is 48.5 Å². The van der Waals surface area contributed by atoms with Crippen LogP contribution >= 0.6 is 0 Å². The number of rotatable bonds is 7. The van der Waals surface area contributed by atoms with Crippen molar-refractivity contribution in [1.29, 1.82) is 0 Å². The summed E-state index contributed by atoms with van der Waals surface area (Å²) < 4.78 is 15.6. The van der Waals surface area contributed by atoms with E-state index in [9.17, 15) is 9.59 Å². The van der Waals surface area contributed by atoms with Crippen LogP contribution in [-0.4, -0.2) is 54.3 Å². The van der Waals surface area contributed by atoms with Gasteiger partial charge in [-0.05, 0) is 54.9 Å². The molecule has 0 aliphatic carbocycles. The highest BCUT2D eigenvalue weighted by Crippen LogP contribution is 2.16. The fourth-order valence-electron chi connectivity index (χ4n) is 1.43. The number of hydrogen-bond donors (Lipinski definition) is 1. The lowest BCUT2D eigenvalue weighted by Crippen LogP contribution is -2.45. The Kier molecular flexibility index (Phi) is 9.24. The molecule has 0 radical (unpaired) electrons. The van der Waals surface area contributed by atoms with Gasteiger partial charge in [0.05, 0.1) is 12.7 Å². The van der Waals surface area contributed by atoms with Crippen molar-refractivity contribution < 1.29 is 28.6 Å². The highest BCUT2D eigenvalue weighted by Gasteiger charge is 2.33. The van der Waals surface area contributed by atoms with Gasteiger partial charge in [0, 0.05) is 13.2 Å². The number of nitrogens with two attached hydrogens (primary N) is 1. The second kappa shape index (κ2) is 9.80. The molecule has 0 aromatic carbocycles. The van der Waals surface area contributed by atoms with E-state index >= 15 is 0 Å². The Morgan fingerprint density at radius 2 is 1.42 bits per heavy atom. The van der Waals surface area contributed by atoms with Gasteiger partial charge in [-0.25, -0.2) is 9.59 Å². The summed E-state index contributed by atoms with van der Waals surface area (Å²) in [5.41, 5.74) is 3.80. The van der Waals surface area contributed by atoms with Crippen LogP contribution in [0.4, 0.5) is 9.59 Å². The largest absolute Gasteiger partial charge is 0.444 e. The lowest BCUT2D eigenvalue weighted by atomic mass is 10.2. The third-order valence-corrected chi connectivity index (χ3v) is 2.33. The van der Waals surface area contributed by atoms with Crippen molar-refractivity contribution in [2.75, 3.05) is 19.8 Å². The average Bonchev–Trinajstić information content (AvgIpc) is 2.36. The summed E-state index contributed by atoms with van der Waals surface area (Å²) in [5.74, 6) is 0. The minimum atomic E-state index is -0.925. The van der Waals surface area contributed by atoms with Crippen LogP contribution in [0.3, 0.4) is 0 Å². The topological polar surface area (TPSA) is 100 Å². The molecule has 2 amide bonds. The summed E-state index contributed by atoms with van der Waals surface area (Å²) >= 11 is 0. The zero-order chi connectivity index (χ0) is 19.0. The third kappa shape index (κ3) is 11.2. The van der Waals surface area contributed by atoms with Gasteiger partial charge >= 0.3 is 12.2 Å². The molecule has 8 heteroatoms. The van der Waals surface area contributed by atoms with Crippen molar-refractivity contribution in [2.45, 2.75) is 72.2 Å². The molecule has 0 saturated heterocycles. The second-order valence-corrected chi connectivity index (χ2v) is 7.36. The Bertz CT molecular complexity index is 372. The number of nitrogens with zero attached hydrogens (tertiary/aromatic N) is 1. The van der Waals surface area contributed by atoms with Gasteiger partial charge in [-0.1, -0.05) is 5.06 Å². The van der Waals surface area contributed by atoms with Crippen LogP contribution in [0.2, 0.25) is 0 Å². The van der Waals surface area contributed by atoms with E-state index < -0.39 is 29.5 Å². The van der Waals surface area contributed by atoms with E-state index in [1.165, 1.54) is 0 Å². The molecule has 142 valence electrons. The zero-order valence-corrected chi connectivity index (χ0v) is 15.9. The van der Waals surface area contributed by atoms with E-state index in [4.69, 9.17) is 24.8 Å². The molecule has 2 N–H and O–H groups in total. The van der Waals surface area contributed by atoms with Gasteiger partial charge in [0.2, 0.25) is 0 Å². The fraction of sp³-hybridized carbons (Fsp3) is 0.875. The van der Waals surface area contributed by atoms with Crippen LogP contribution in [0.1, 0.15) is 54.9 Å². The molecule has 1 unspecified atom stereocenters. The Hall–Kier alpha value is -1.38. The van der Waals surface area contributed by atoms with Gasteiger partial charge in [0.15, 0.2) is 0 Å². The first-order valence-corrected chi connectivity index (χ1v) is 8.06. The standard InChI is InChI=1S/C16H32N2O6/c1-12(8-10-21-11-9-17)24-18(13(19)22-15(2,3)4)14(20)23-16(5,6)7/h12H,8-11,17H2,1-7H3. The molecule has 24 heavy (non-hydrogen) atoms. The second-order valence-electron chi connectivity index (χ2n) is 7.36. The van der Waals surface area contributed by atoms with Crippen LogP contribution in [0.5, 0.6) is 0 Å². The first-order chi connectivity index (χ1) is 10.9. The van der Waals surface area contributed by atoms with Gasteiger partial charge in [0.1, 0.15) is 11.2 Å². The molecule has 0 aliphatic rings. The molecule has 0 bridgehead atoms. The van der Waals surface area contributed by atoms with Crippen molar-refractivity contribution in [2.24, 2.45) is 5.73 Å². The first kappa shape index (κ1) is 22.6. The smallest absolute Gasteiger partial charge is 0.442 e. The van der Waals surface area contributed by atoms with Gasteiger partial charge in [-0.2, -0.15) is 0 Å². The minimum absolute atomic E-state index is 0.398. The number of carbonyl (C=O) groups excluding carboxylic acids is 2. The van der Waals surface area contributed by atoms with Crippen LogP contribution < -0.4 is 5.73 Å². The molecule has 0 spiro atoms. The Labute approximate surface area is 144 Å². The van der Waals surface area contributed by atoms with Crippen LogP contribution in [0.25, 0.3) is 0 Å². The molecular weight excluding hydrogens is 316 g/mol. The highest BCUT2D eigenvalue weighted by molar-refractivity contribution is 5.86. The highest BCUT2D eigenvalue weighted by atomic mass is 16.8. The molecule has 0 aromatic rings. The molecule has 8 nitrogen and oxygen atoms in total. The fourth-order valence-corrected chi connectivity index (χ4v) is 1.43. The van der Waals surface area contributed by atoms with Crippen molar-refractivity contribution in [1.82, 2.24) is 5.06 Å². The van der Waals surface area contributed by atoms with E-state index in [1.807, 2.05) is 0 Å². The maximum atomic E-state index is 12.2. The molecule has 0 aliphatic heterocycles. The summed E-state index contributed by atoms with van der Waals surface area (Å²) in [7, 11) is 0. The molecule has 0 saturated carbocycles. The molecule has 0 rings (SSSR count). The van der Waals surface area contributed by atoms with Crippen molar-refractivity contribution in [3.8, 4) is 0 Å². The zero-order valence-electron chi connectivity index (χ0n) is 15.9. The van der Waals surface area contributed by atoms with E-state index in [2.05, 4.69) is 0 Å². The predicted octanol–water partition coefficient (Wildman–Crippen LogP) is 2.84. The molecule has 0 fully saturated rings. The normalized spacial score (nSPS) is 13.3. The summed E-state index contributed by atoms with van der Waals surface area (Å²) in [6, 6.07) is 0. The third-order valence-electron chi connectivity index (χ3n) is 2.33. The number of amides is 2. The summed E-state index contributed by atoms with van der Waals surface area (Å²) in [6.45, 7) is 13.2. The SMILES string of the molecule is CC(CCOCCN)ON(C(=O)OC(C)(C)C)C(=O)OC(C)(C)C.